The van der Waals surface area contributed by atoms with Crippen molar-refractivity contribution in [3.63, 3.8) is 0 Å². The van der Waals surface area contributed by atoms with Crippen molar-refractivity contribution in [3.05, 3.63) is 65.9 Å². The zero-order chi connectivity index (χ0) is 32.5. The first-order valence-electron chi connectivity index (χ1n) is 13.3. The third-order valence-electron chi connectivity index (χ3n) is 6.32. The molecule has 3 heterocycles. The molecule has 1 aliphatic heterocycles. The Hall–Kier alpha value is -5.07. The van der Waals surface area contributed by atoms with Gasteiger partial charge in [0.1, 0.15) is 11.1 Å². The predicted octanol–water partition coefficient (Wildman–Crippen LogP) is 3.45. The maximum Gasteiger partial charge on any atom is 0.511 e. The molecule has 1 atom stereocenters. The molecule has 0 bridgehead atoms. The molecule has 1 N–H and O–H groups in total. The van der Waals surface area contributed by atoms with Gasteiger partial charge in [0.05, 0.1) is 40.9 Å². The highest BCUT2D eigenvalue weighted by atomic mass is 32.2. The number of carbonyl (C=O) groups excluding carboxylic acids is 2. The Morgan fingerprint density at radius 1 is 1.11 bits per heavy atom. The number of alkyl halides is 3. The predicted molar refractivity (Wildman–Crippen MR) is 146 cm³/mol. The van der Waals surface area contributed by atoms with E-state index in [1.807, 2.05) is 6.92 Å². The standard InChI is InChI=1S/C26H27F3N6O9S/c1-4-40-25(37)41-17(3)43-35-34(44-35)32-14-20(15-32)42-24(36)31-45(38,39)21-11-9-19(10-12-21)33-22(13-23(30-33)26(27,28)29)18-7-5-16(2)6-8-18/h5-13,17,20H,4,14-15H2,1-3H3,(H,31,36). The molecule has 0 saturated carbocycles. The molecule has 1 saturated heterocycles. The van der Waals surface area contributed by atoms with Crippen LogP contribution in [0.1, 0.15) is 25.1 Å². The number of rotatable bonds is 10. The summed E-state index contributed by atoms with van der Waals surface area (Å²) in [6.45, 7) is 5.27. The van der Waals surface area contributed by atoms with E-state index in [-0.39, 0.29) is 36.0 Å². The van der Waals surface area contributed by atoms with E-state index in [1.54, 1.807) is 35.9 Å². The number of sulfonamides is 1. The fourth-order valence-corrected chi connectivity index (χ4v) is 4.96. The average molecular weight is 657 g/mol. The minimum Gasteiger partial charge on any atom is -0.442 e. The second-order valence-electron chi connectivity index (χ2n) is 9.73. The van der Waals surface area contributed by atoms with E-state index in [1.165, 1.54) is 24.1 Å². The average Bonchev–Trinajstić information content (AvgIpc) is 3.51. The molecule has 19 heteroatoms. The fraction of sp³-hybridized carbons (Fsp3) is 0.346. The van der Waals surface area contributed by atoms with Gasteiger partial charge in [0.25, 0.3) is 16.3 Å². The number of nitrogens with one attached hydrogen (secondary N) is 1. The summed E-state index contributed by atoms with van der Waals surface area (Å²) >= 11 is 0. The first-order chi connectivity index (χ1) is 21.2. The lowest BCUT2D eigenvalue weighted by molar-refractivity contribution is -0.141. The molecule has 2 aromatic heterocycles. The minimum atomic E-state index is -4.70. The normalized spacial score (nSPS) is 14.5. The molecule has 1 fully saturated rings. The number of nitrogens with zero attached hydrogens (tertiary/aromatic N) is 5. The van der Waals surface area contributed by atoms with Gasteiger partial charge in [-0.3, -0.25) is 5.01 Å². The van der Waals surface area contributed by atoms with Gasteiger partial charge >= 0.3 is 18.4 Å². The number of ether oxygens (including phenoxy) is 3. The number of hydrogen-bond acceptors (Lipinski definition) is 11. The molecule has 1 amide bonds. The number of amides is 1. The topological polar surface area (TPSA) is 161 Å². The van der Waals surface area contributed by atoms with Crippen LogP contribution in [0.5, 0.6) is 0 Å². The molecule has 1 aliphatic rings. The van der Waals surface area contributed by atoms with E-state index in [0.29, 0.717) is 5.56 Å². The second-order valence-corrected chi connectivity index (χ2v) is 11.4. The van der Waals surface area contributed by atoms with Crippen molar-refractivity contribution in [1.29, 1.82) is 0 Å². The van der Waals surface area contributed by atoms with E-state index in [0.717, 1.165) is 38.4 Å². The van der Waals surface area contributed by atoms with Gasteiger partial charge in [-0.25, -0.2) is 27.4 Å². The van der Waals surface area contributed by atoms with Crippen molar-refractivity contribution >= 4 is 22.3 Å². The van der Waals surface area contributed by atoms with Crippen LogP contribution in [0, 0.1) is 6.92 Å². The summed E-state index contributed by atoms with van der Waals surface area (Å²) in [5.74, 6) is 0. The van der Waals surface area contributed by atoms with Crippen LogP contribution < -0.4 is 14.6 Å². The lowest BCUT2D eigenvalue weighted by atomic mass is 10.1. The van der Waals surface area contributed by atoms with Gasteiger partial charge in [0, 0.05) is 12.5 Å². The molecule has 0 spiro atoms. The van der Waals surface area contributed by atoms with Crippen LogP contribution in [0.25, 0.3) is 16.9 Å². The van der Waals surface area contributed by atoms with Crippen LogP contribution in [0.15, 0.2) is 64.1 Å². The van der Waals surface area contributed by atoms with E-state index >= 15 is 0 Å². The van der Waals surface area contributed by atoms with Crippen molar-refractivity contribution in [3.8, 4) is 16.9 Å². The summed E-state index contributed by atoms with van der Waals surface area (Å²) in [6.07, 6.45) is -8.57. The minimum absolute atomic E-state index is 0.127. The molecular formula is C26H27F3N6O9S. The highest BCUT2D eigenvalue weighted by Gasteiger charge is 2.38. The SMILES string of the molecule is CCOC(=O)OC(C)On1on1N1CC(OC(=O)NS(=O)(=O)c2ccc(-n3nc(C(F)(F)F)cc3-c3ccc(C)cc3)cc2)C1. The van der Waals surface area contributed by atoms with Crippen molar-refractivity contribution in [2.75, 3.05) is 24.7 Å². The van der Waals surface area contributed by atoms with Crippen molar-refractivity contribution in [1.82, 2.24) is 24.5 Å². The van der Waals surface area contributed by atoms with Crippen molar-refractivity contribution in [2.45, 2.75) is 44.2 Å². The molecule has 0 radical (unpaired) electrons. The van der Waals surface area contributed by atoms with Crippen LogP contribution >= 0.6 is 0 Å². The Bertz CT molecular complexity index is 1750. The van der Waals surface area contributed by atoms with Gasteiger partial charge < -0.3 is 19.0 Å². The number of aryl methyl sites for hydroxylation is 1. The largest absolute Gasteiger partial charge is 0.511 e. The van der Waals surface area contributed by atoms with E-state index in [9.17, 15) is 31.2 Å². The molecule has 2 aromatic carbocycles. The monoisotopic (exact) mass is 656 g/mol. The Kier molecular flexibility index (Phi) is 8.46. The number of hydrogen-bond donors (Lipinski definition) is 1. The summed E-state index contributed by atoms with van der Waals surface area (Å²) in [5.41, 5.74) is 0.584. The van der Waals surface area contributed by atoms with Gasteiger partial charge in [-0.05, 0) is 44.2 Å². The lowest BCUT2D eigenvalue weighted by Gasteiger charge is -2.34. The molecule has 15 nitrogen and oxygen atoms in total. The fourth-order valence-electron chi connectivity index (χ4n) is 4.08. The maximum absolute atomic E-state index is 13.5. The Morgan fingerprint density at radius 2 is 1.78 bits per heavy atom. The van der Waals surface area contributed by atoms with Crippen molar-refractivity contribution in [2.24, 2.45) is 0 Å². The highest BCUT2D eigenvalue weighted by Crippen LogP contribution is 2.33. The second kappa shape index (κ2) is 12.1. The van der Waals surface area contributed by atoms with Crippen LogP contribution in [-0.4, -0.2) is 72.5 Å². The number of aromatic nitrogens is 4. The lowest BCUT2D eigenvalue weighted by Crippen LogP contribution is -2.58. The maximum atomic E-state index is 13.5. The molecule has 5 rings (SSSR count). The van der Waals surface area contributed by atoms with E-state index in [2.05, 4.69) is 9.84 Å². The van der Waals surface area contributed by atoms with Crippen LogP contribution in [0.3, 0.4) is 0 Å². The molecular weight excluding hydrogens is 629 g/mol. The number of carbonyl (C=O) groups is 2. The van der Waals surface area contributed by atoms with Crippen LogP contribution in [0.4, 0.5) is 22.8 Å². The zero-order valence-corrected chi connectivity index (χ0v) is 24.7. The smallest absolute Gasteiger partial charge is 0.442 e. The van der Waals surface area contributed by atoms with Gasteiger partial charge in [-0.1, -0.05) is 29.8 Å². The van der Waals surface area contributed by atoms with Gasteiger partial charge in [0.2, 0.25) is 0 Å². The molecule has 4 aromatic rings. The summed E-state index contributed by atoms with van der Waals surface area (Å²) in [5, 5.41) is 6.14. The molecule has 45 heavy (non-hydrogen) atoms. The molecule has 242 valence electrons. The Balaban J connectivity index is 1.17. The summed E-state index contributed by atoms with van der Waals surface area (Å²) in [7, 11) is -4.39. The van der Waals surface area contributed by atoms with Gasteiger partial charge in [-0.15, -0.1) is 0 Å². The summed E-state index contributed by atoms with van der Waals surface area (Å²) in [4.78, 5) is 29.6. The molecule has 1 unspecified atom stereocenters. The zero-order valence-electron chi connectivity index (χ0n) is 23.9. The van der Waals surface area contributed by atoms with E-state index < -0.39 is 46.5 Å². The number of halogens is 3. The first kappa shape index (κ1) is 31.4. The highest BCUT2D eigenvalue weighted by molar-refractivity contribution is 7.90. The summed E-state index contributed by atoms with van der Waals surface area (Å²) in [6, 6.07) is 12.5. The van der Waals surface area contributed by atoms with Crippen molar-refractivity contribution < 1.29 is 54.9 Å². The first-order valence-corrected chi connectivity index (χ1v) is 14.8. The van der Waals surface area contributed by atoms with Gasteiger partial charge in [-0.2, -0.15) is 22.9 Å². The third kappa shape index (κ3) is 7.36. The number of benzene rings is 2. The molecule has 0 aliphatic carbocycles. The third-order valence-corrected chi connectivity index (χ3v) is 7.65. The van der Waals surface area contributed by atoms with E-state index in [4.69, 9.17) is 18.9 Å². The van der Waals surface area contributed by atoms with Crippen LogP contribution in [-0.2, 0) is 30.4 Å². The Morgan fingerprint density at radius 3 is 2.40 bits per heavy atom. The van der Waals surface area contributed by atoms with Crippen LogP contribution in [0.2, 0.25) is 0 Å². The quantitative estimate of drug-likeness (QED) is 0.197. The van der Waals surface area contributed by atoms with Gasteiger partial charge in [0.15, 0.2) is 5.69 Å². The Labute approximate surface area is 253 Å². The summed E-state index contributed by atoms with van der Waals surface area (Å²) < 4.78 is 88.5.